The Bertz CT molecular complexity index is 398. The highest BCUT2D eigenvalue weighted by Crippen LogP contribution is 2.42. The summed E-state index contributed by atoms with van der Waals surface area (Å²) in [5, 5.41) is 0. The number of hydrogen-bond donors (Lipinski definition) is 2. The van der Waals surface area contributed by atoms with Crippen LogP contribution in [0.1, 0.15) is 74.7 Å². The number of aromatic nitrogens is 2. The summed E-state index contributed by atoms with van der Waals surface area (Å²) in [6, 6.07) is 0. The first-order valence-electron chi connectivity index (χ1n) is 6.90. The van der Waals surface area contributed by atoms with Crippen LogP contribution < -0.4 is 11.6 Å². The van der Waals surface area contributed by atoms with Gasteiger partial charge < -0.3 is 11.6 Å². The minimum Gasteiger partial charge on any atom is -0.382 e. The topological polar surface area (TPSA) is 69.9 Å². The fraction of sp³-hybridized carbons (Fsp3) is 0.769. The van der Waals surface area contributed by atoms with Gasteiger partial charge in [-0.25, -0.2) is 9.66 Å². The minimum absolute atomic E-state index is 0.541. The predicted molar refractivity (Wildman–Crippen MR) is 69.2 cm³/mol. The van der Waals surface area contributed by atoms with Crippen LogP contribution in [0.4, 0.5) is 5.82 Å². The monoisotopic (exact) mass is 234 g/mol. The first-order valence-corrected chi connectivity index (χ1v) is 6.90. The maximum atomic E-state index is 6.13. The maximum Gasteiger partial charge on any atom is 0.146 e. The van der Waals surface area contributed by atoms with E-state index in [-0.39, 0.29) is 0 Å². The summed E-state index contributed by atoms with van der Waals surface area (Å²) in [6.45, 7) is 0. The van der Waals surface area contributed by atoms with Crippen LogP contribution in [0.15, 0.2) is 0 Å². The lowest BCUT2D eigenvalue weighted by Gasteiger charge is -2.11. The van der Waals surface area contributed by atoms with Crippen molar-refractivity contribution < 1.29 is 0 Å². The number of anilines is 1. The van der Waals surface area contributed by atoms with E-state index in [2.05, 4.69) is 0 Å². The van der Waals surface area contributed by atoms with Gasteiger partial charge >= 0.3 is 0 Å². The van der Waals surface area contributed by atoms with Crippen LogP contribution in [0.3, 0.4) is 0 Å². The number of nitrogens with zero attached hydrogens (tertiary/aromatic N) is 2. The number of nitrogen functional groups attached to an aromatic ring is 2. The molecule has 3 rings (SSSR count). The van der Waals surface area contributed by atoms with Gasteiger partial charge in [0.2, 0.25) is 0 Å². The van der Waals surface area contributed by atoms with Gasteiger partial charge in [0, 0.05) is 11.8 Å². The Balaban J connectivity index is 1.87. The molecule has 4 heteroatoms. The quantitative estimate of drug-likeness (QED) is 0.610. The lowest BCUT2D eigenvalue weighted by molar-refractivity contribution is 0.580. The summed E-state index contributed by atoms with van der Waals surface area (Å²) in [7, 11) is 0. The largest absolute Gasteiger partial charge is 0.382 e. The number of imidazole rings is 1. The zero-order chi connectivity index (χ0) is 11.8. The van der Waals surface area contributed by atoms with Gasteiger partial charge in [-0.1, -0.05) is 25.7 Å². The van der Waals surface area contributed by atoms with Crippen molar-refractivity contribution in [2.24, 2.45) is 0 Å². The van der Waals surface area contributed by atoms with Crippen LogP contribution in [0.2, 0.25) is 0 Å². The Morgan fingerprint density at radius 2 is 1.59 bits per heavy atom. The van der Waals surface area contributed by atoms with E-state index in [9.17, 15) is 0 Å². The molecule has 1 heterocycles. The van der Waals surface area contributed by atoms with Crippen LogP contribution in [0.5, 0.6) is 0 Å². The summed E-state index contributed by atoms with van der Waals surface area (Å²) in [4.78, 5) is 4.75. The summed E-state index contributed by atoms with van der Waals surface area (Å²) in [5.74, 6) is 8.85. The smallest absolute Gasteiger partial charge is 0.146 e. The first kappa shape index (κ1) is 10.9. The molecule has 2 aliphatic carbocycles. The standard InChI is InChI=1S/C13H22N4/c14-12-11(9-5-3-1-2-4-6-9)16-13(17(12)15)10-7-8-10/h9-10H,1-8,14-15H2. The van der Waals surface area contributed by atoms with E-state index in [4.69, 9.17) is 16.6 Å². The van der Waals surface area contributed by atoms with Gasteiger partial charge in [0.05, 0.1) is 5.69 Å². The van der Waals surface area contributed by atoms with Crippen molar-refractivity contribution in [3.63, 3.8) is 0 Å². The Morgan fingerprint density at radius 1 is 0.941 bits per heavy atom. The Morgan fingerprint density at radius 3 is 2.18 bits per heavy atom. The van der Waals surface area contributed by atoms with Crippen LogP contribution >= 0.6 is 0 Å². The van der Waals surface area contributed by atoms with E-state index >= 15 is 0 Å². The highest BCUT2D eigenvalue weighted by molar-refractivity contribution is 5.42. The molecule has 17 heavy (non-hydrogen) atoms. The number of hydrogen-bond acceptors (Lipinski definition) is 3. The molecule has 4 nitrogen and oxygen atoms in total. The lowest BCUT2D eigenvalue weighted by atomic mass is 9.97. The van der Waals surface area contributed by atoms with Crippen molar-refractivity contribution in [2.75, 3.05) is 11.6 Å². The first-order chi connectivity index (χ1) is 8.27. The molecule has 94 valence electrons. The molecule has 0 spiro atoms. The van der Waals surface area contributed by atoms with Crippen LogP contribution in [0, 0.1) is 0 Å². The van der Waals surface area contributed by atoms with Gasteiger partial charge in [0.25, 0.3) is 0 Å². The summed E-state index contributed by atoms with van der Waals surface area (Å²) < 4.78 is 1.64. The van der Waals surface area contributed by atoms with Gasteiger partial charge in [-0.3, -0.25) is 0 Å². The molecule has 0 aromatic carbocycles. The van der Waals surface area contributed by atoms with Crippen LogP contribution in [-0.4, -0.2) is 9.66 Å². The Hall–Kier alpha value is -1.19. The van der Waals surface area contributed by atoms with E-state index in [0.29, 0.717) is 17.7 Å². The molecule has 2 fully saturated rings. The summed E-state index contributed by atoms with van der Waals surface area (Å²) in [5.41, 5.74) is 7.21. The molecule has 0 amide bonds. The van der Waals surface area contributed by atoms with E-state index < -0.39 is 0 Å². The molecule has 0 radical (unpaired) electrons. The van der Waals surface area contributed by atoms with E-state index in [0.717, 1.165) is 11.5 Å². The fourth-order valence-electron chi connectivity index (χ4n) is 2.96. The summed E-state index contributed by atoms with van der Waals surface area (Å²) >= 11 is 0. The molecule has 1 aromatic rings. The predicted octanol–water partition coefficient (Wildman–Crippen LogP) is 2.49. The third-order valence-electron chi connectivity index (χ3n) is 4.19. The molecule has 0 bridgehead atoms. The molecule has 0 saturated heterocycles. The highest BCUT2D eigenvalue weighted by atomic mass is 15.4. The lowest BCUT2D eigenvalue weighted by Crippen LogP contribution is -2.15. The SMILES string of the molecule is Nc1c(C2CCCCCC2)nc(C2CC2)n1N. The average Bonchev–Trinajstić information content (AvgIpc) is 3.13. The van der Waals surface area contributed by atoms with Gasteiger partial charge in [-0.05, 0) is 25.7 Å². The van der Waals surface area contributed by atoms with Crippen molar-refractivity contribution in [3.8, 4) is 0 Å². The Labute approximate surface area is 102 Å². The van der Waals surface area contributed by atoms with Crippen molar-refractivity contribution in [2.45, 2.75) is 63.2 Å². The maximum absolute atomic E-state index is 6.13. The van der Waals surface area contributed by atoms with Crippen molar-refractivity contribution in [3.05, 3.63) is 11.5 Å². The molecule has 0 aliphatic heterocycles. The van der Waals surface area contributed by atoms with E-state index in [1.54, 1.807) is 4.68 Å². The molecular weight excluding hydrogens is 212 g/mol. The third-order valence-corrected chi connectivity index (χ3v) is 4.19. The second-order valence-electron chi connectivity index (χ2n) is 5.57. The number of rotatable bonds is 2. The molecule has 1 aromatic heterocycles. The van der Waals surface area contributed by atoms with Crippen molar-refractivity contribution >= 4 is 5.82 Å². The van der Waals surface area contributed by atoms with E-state index in [1.807, 2.05) is 0 Å². The van der Waals surface area contributed by atoms with E-state index in [1.165, 1.54) is 51.4 Å². The van der Waals surface area contributed by atoms with Crippen LogP contribution in [0.25, 0.3) is 0 Å². The van der Waals surface area contributed by atoms with Gasteiger partial charge in [0.1, 0.15) is 11.6 Å². The minimum atomic E-state index is 0.541. The highest BCUT2D eigenvalue weighted by Gasteiger charge is 2.32. The average molecular weight is 234 g/mol. The van der Waals surface area contributed by atoms with Crippen LogP contribution in [-0.2, 0) is 0 Å². The second kappa shape index (κ2) is 4.24. The zero-order valence-electron chi connectivity index (χ0n) is 10.4. The van der Waals surface area contributed by atoms with Gasteiger partial charge in [-0.2, -0.15) is 0 Å². The molecular formula is C13H22N4. The molecule has 0 unspecified atom stereocenters. The Kier molecular flexibility index (Phi) is 2.73. The zero-order valence-corrected chi connectivity index (χ0v) is 10.4. The molecule has 2 aliphatic rings. The molecule has 4 N–H and O–H groups in total. The van der Waals surface area contributed by atoms with Gasteiger partial charge in [-0.15, -0.1) is 0 Å². The second-order valence-corrected chi connectivity index (χ2v) is 5.57. The summed E-state index contributed by atoms with van der Waals surface area (Å²) in [6.07, 6.45) is 10.2. The number of nitrogens with two attached hydrogens (primary N) is 2. The van der Waals surface area contributed by atoms with Crippen molar-refractivity contribution in [1.82, 2.24) is 9.66 Å². The van der Waals surface area contributed by atoms with Crippen molar-refractivity contribution in [1.29, 1.82) is 0 Å². The third kappa shape index (κ3) is 2.01. The molecule has 0 atom stereocenters. The van der Waals surface area contributed by atoms with Gasteiger partial charge in [0.15, 0.2) is 0 Å². The normalized spacial score (nSPS) is 22.6. The fourth-order valence-corrected chi connectivity index (χ4v) is 2.96. The molecule has 2 saturated carbocycles.